The van der Waals surface area contributed by atoms with Crippen LogP contribution in [-0.4, -0.2) is 18.0 Å². The number of nitrogens with zero attached hydrogens (tertiary/aromatic N) is 1. The number of para-hydroxylation sites is 1. The SMILES string of the molecule is C[C@H](NC(=O)C(=O)N/N=C\c1ccccc1OCc1ccccc1F)c1ccccc1. The molecule has 6 nitrogen and oxygen atoms in total. The smallest absolute Gasteiger partial charge is 0.329 e. The van der Waals surface area contributed by atoms with E-state index in [-0.39, 0.29) is 18.5 Å². The zero-order valence-electron chi connectivity index (χ0n) is 16.9. The molecule has 2 N–H and O–H groups in total. The van der Waals surface area contributed by atoms with Crippen LogP contribution in [0.3, 0.4) is 0 Å². The highest BCUT2D eigenvalue weighted by atomic mass is 19.1. The summed E-state index contributed by atoms with van der Waals surface area (Å²) in [6.45, 7) is 1.83. The maximum atomic E-state index is 13.8. The van der Waals surface area contributed by atoms with E-state index in [0.717, 1.165) is 5.56 Å². The summed E-state index contributed by atoms with van der Waals surface area (Å²) in [6.07, 6.45) is 1.36. The van der Waals surface area contributed by atoms with Crippen LogP contribution in [0.2, 0.25) is 0 Å². The first-order valence-electron chi connectivity index (χ1n) is 9.68. The average molecular weight is 419 g/mol. The molecule has 0 bridgehead atoms. The molecule has 0 saturated heterocycles. The lowest BCUT2D eigenvalue weighted by Gasteiger charge is -2.13. The molecule has 3 aromatic rings. The highest BCUT2D eigenvalue weighted by molar-refractivity contribution is 6.35. The summed E-state index contributed by atoms with van der Waals surface area (Å²) in [6, 6.07) is 22.3. The lowest BCUT2D eigenvalue weighted by molar-refractivity contribution is -0.139. The number of hydrogen-bond donors (Lipinski definition) is 2. The molecule has 31 heavy (non-hydrogen) atoms. The second-order valence-electron chi connectivity index (χ2n) is 6.72. The Kier molecular flexibility index (Phi) is 7.48. The zero-order chi connectivity index (χ0) is 22.1. The lowest BCUT2D eigenvalue weighted by Crippen LogP contribution is -2.39. The Morgan fingerprint density at radius 2 is 1.65 bits per heavy atom. The van der Waals surface area contributed by atoms with Crippen molar-refractivity contribution < 1.29 is 18.7 Å². The van der Waals surface area contributed by atoms with Crippen molar-refractivity contribution in [2.75, 3.05) is 0 Å². The van der Waals surface area contributed by atoms with Crippen LogP contribution in [0.4, 0.5) is 4.39 Å². The minimum Gasteiger partial charge on any atom is -0.488 e. The third-order valence-corrected chi connectivity index (χ3v) is 4.48. The van der Waals surface area contributed by atoms with Crippen LogP contribution in [0.5, 0.6) is 5.75 Å². The number of carbonyl (C=O) groups excluding carboxylic acids is 2. The van der Waals surface area contributed by atoms with Crippen LogP contribution in [0.15, 0.2) is 84.0 Å². The topological polar surface area (TPSA) is 79.8 Å². The Morgan fingerprint density at radius 3 is 2.42 bits per heavy atom. The Hall–Kier alpha value is -4.00. The summed E-state index contributed by atoms with van der Waals surface area (Å²) in [5.41, 5.74) is 4.07. The van der Waals surface area contributed by atoms with Crippen molar-refractivity contribution in [3.8, 4) is 5.75 Å². The van der Waals surface area contributed by atoms with Gasteiger partial charge in [0.05, 0.1) is 12.3 Å². The van der Waals surface area contributed by atoms with E-state index in [9.17, 15) is 14.0 Å². The predicted molar refractivity (Wildman–Crippen MR) is 116 cm³/mol. The van der Waals surface area contributed by atoms with Crippen molar-refractivity contribution in [2.24, 2.45) is 5.10 Å². The maximum Gasteiger partial charge on any atom is 0.329 e. The number of carbonyl (C=O) groups is 2. The highest BCUT2D eigenvalue weighted by Crippen LogP contribution is 2.18. The molecule has 2 amide bonds. The Balaban J connectivity index is 1.56. The van der Waals surface area contributed by atoms with Gasteiger partial charge >= 0.3 is 11.8 Å². The van der Waals surface area contributed by atoms with E-state index >= 15 is 0 Å². The van der Waals surface area contributed by atoms with Gasteiger partial charge in [0.1, 0.15) is 18.2 Å². The summed E-state index contributed by atoms with van der Waals surface area (Å²) in [4.78, 5) is 24.1. The van der Waals surface area contributed by atoms with E-state index < -0.39 is 11.8 Å². The second-order valence-corrected chi connectivity index (χ2v) is 6.72. The molecule has 0 spiro atoms. The fourth-order valence-corrected chi connectivity index (χ4v) is 2.79. The van der Waals surface area contributed by atoms with E-state index in [1.54, 1.807) is 49.4 Å². The summed E-state index contributed by atoms with van der Waals surface area (Å²) in [5.74, 6) is -1.57. The normalized spacial score (nSPS) is 11.7. The van der Waals surface area contributed by atoms with Gasteiger partial charge < -0.3 is 10.1 Å². The van der Waals surface area contributed by atoms with Gasteiger partial charge in [0.2, 0.25) is 0 Å². The summed E-state index contributed by atoms with van der Waals surface area (Å²) >= 11 is 0. The minimum atomic E-state index is -0.885. The van der Waals surface area contributed by atoms with Crippen molar-refractivity contribution in [1.29, 1.82) is 0 Å². The van der Waals surface area contributed by atoms with Gasteiger partial charge in [-0.3, -0.25) is 9.59 Å². The van der Waals surface area contributed by atoms with Crippen LogP contribution in [-0.2, 0) is 16.2 Å². The molecule has 3 aromatic carbocycles. The number of benzene rings is 3. The van der Waals surface area contributed by atoms with Crippen molar-refractivity contribution >= 4 is 18.0 Å². The molecule has 0 unspecified atom stereocenters. The Morgan fingerprint density at radius 1 is 0.968 bits per heavy atom. The van der Waals surface area contributed by atoms with Gasteiger partial charge in [-0.1, -0.05) is 60.7 Å². The van der Waals surface area contributed by atoms with Crippen LogP contribution < -0.4 is 15.5 Å². The van der Waals surface area contributed by atoms with Gasteiger partial charge in [-0.15, -0.1) is 0 Å². The number of hydrogen-bond acceptors (Lipinski definition) is 4. The first kappa shape index (κ1) is 21.7. The summed E-state index contributed by atoms with van der Waals surface area (Å²) < 4.78 is 19.5. The van der Waals surface area contributed by atoms with E-state index in [2.05, 4.69) is 15.8 Å². The van der Waals surface area contributed by atoms with Crippen molar-refractivity contribution in [3.05, 3.63) is 101 Å². The van der Waals surface area contributed by atoms with Gasteiger partial charge in [-0.25, -0.2) is 9.82 Å². The standard InChI is InChI=1S/C24H22FN3O3/c1-17(18-9-3-2-4-10-18)27-23(29)24(30)28-26-15-19-11-6-8-14-22(19)31-16-20-12-5-7-13-21(20)25/h2-15,17H,16H2,1H3,(H,27,29)(H,28,30)/b26-15-/t17-/m0/s1. The van der Waals surface area contributed by atoms with Crippen molar-refractivity contribution in [1.82, 2.24) is 10.7 Å². The molecule has 0 aromatic heterocycles. The first-order valence-corrected chi connectivity index (χ1v) is 9.68. The third kappa shape index (κ3) is 6.24. The van der Waals surface area contributed by atoms with Gasteiger partial charge in [-0.2, -0.15) is 5.10 Å². The van der Waals surface area contributed by atoms with Crippen LogP contribution in [0.1, 0.15) is 29.7 Å². The van der Waals surface area contributed by atoms with Crippen LogP contribution in [0.25, 0.3) is 0 Å². The van der Waals surface area contributed by atoms with Crippen LogP contribution >= 0.6 is 0 Å². The van der Waals surface area contributed by atoms with E-state index in [0.29, 0.717) is 16.9 Å². The molecule has 3 rings (SSSR count). The summed E-state index contributed by atoms with van der Waals surface area (Å²) in [5, 5.41) is 6.45. The van der Waals surface area contributed by atoms with Gasteiger partial charge in [0, 0.05) is 11.1 Å². The van der Waals surface area contributed by atoms with E-state index in [1.807, 2.05) is 30.3 Å². The highest BCUT2D eigenvalue weighted by Gasteiger charge is 2.16. The summed E-state index contributed by atoms with van der Waals surface area (Å²) in [7, 11) is 0. The number of hydrazone groups is 1. The molecule has 0 radical (unpaired) electrons. The van der Waals surface area contributed by atoms with Gasteiger partial charge in [-0.05, 0) is 30.7 Å². The van der Waals surface area contributed by atoms with Gasteiger partial charge in [0.25, 0.3) is 0 Å². The molecule has 0 heterocycles. The maximum absolute atomic E-state index is 13.8. The molecule has 158 valence electrons. The fraction of sp³-hybridized carbons (Fsp3) is 0.125. The number of amides is 2. The quantitative estimate of drug-likeness (QED) is 0.348. The molecule has 0 fully saturated rings. The van der Waals surface area contributed by atoms with Crippen LogP contribution in [0, 0.1) is 5.82 Å². The molecule has 7 heteroatoms. The Bertz CT molecular complexity index is 1070. The van der Waals surface area contributed by atoms with Gasteiger partial charge in [0.15, 0.2) is 0 Å². The molecule has 0 aliphatic heterocycles. The van der Waals surface area contributed by atoms with E-state index in [1.165, 1.54) is 12.3 Å². The number of ether oxygens (including phenoxy) is 1. The second kappa shape index (κ2) is 10.7. The molecular weight excluding hydrogens is 397 g/mol. The molecule has 0 aliphatic rings. The average Bonchev–Trinajstić information content (AvgIpc) is 2.79. The fourth-order valence-electron chi connectivity index (χ4n) is 2.79. The third-order valence-electron chi connectivity index (χ3n) is 4.48. The molecule has 0 saturated carbocycles. The molecular formula is C24H22FN3O3. The number of rotatable bonds is 7. The Labute approximate surface area is 179 Å². The number of nitrogens with one attached hydrogen (secondary N) is 2. The minimum absolute atomic E-state index is 0.0453. The predicted octanol–water partition coefficient (Wildman–Crippen LogP) is 3.73. The van der Waals surface area contributed by atoms with Crippen molar-refractivity contribution in [3.63, 3.8) is 0 Å². The zero-order valence-corrected chi connectivity index (χ0v) is 16.9. The molecule has 0 aliphatic carbocycles. The van der Waals surface area contributed by atoms with E-state index in [4.69, 9.17) is 4.74 Å². The number of halogens is 1. The monoisotopic (exact) mass is 419 g/mol. The van der Waals surface area contributed by atoms with Crippen molar-refractivity contribution in [2.45, 2.75) is 19.6 Å². The lowest BCUT2D eigenvalue weighted by atomic mass is 10.1. The largest absolute Gasteiger partial charge is 0.488 e. The first-order chi connectivity index (χ1) is 15.0. The molecule has 1 atom stereocenters.